The molecular formula is C15H21NO3. The van der Waals surface area contributed by atoms with E-state index in [-0.39, 0.29) is 18.7 Å². The van der Waals surface area contributed by atoms with Crippen LogP contribution in [-0.2, 0) is 11.3 Å². The highest BCUT2D eigenvalue weighted by atomic mass is 16.5. The second-order valence-electron chi connectivity index (χ2n) is 5.11. The molecule has 0 bridgehead atoms. The molecule has 0 atom stereocenters. The maximum Gasteiger partial charge on any atom is 0.407 e. The fourth-order valence-corrected chi connectivity index (χ4v) is 2.42. The maximum atomic E-state index is 11.7. The largest absolute Gasteiger partial charge is 0.445 e. The van der Waals surface area contributed by atoms with E-state index in [1.165, 1.54) is 0 Å². The molecule has 1 aromatic carbocycles. The zero-order valence-electron chi connectivity index (χ0n) is 11.0. The molecule has 1 aliphatic rings. The van der Waals surface area contributed by atoms with Gasteiger partial charge in [0.2, 0.25) is 0 Å². The first-order chi connectivity index (χ1) is 9.28. The summed E-state index contributed by atoms with van der Waals surface area (Å²) in [4.78, 5) is 11.7. The summed E-state index contributed by atoms with van der Waals surface area (Å²) in [5.41, 5.74) is 0.988. The summed E-state index contributed by atoms with van der Waals surface area (Å²) in [6.45, 7) is 0.559. The maximum absolute atomic E-state index is 11.7. The van der Waals surface area contributed by atoms with Crippen LogP contribution < -0.4 is 5.32 Å². The first kappa shape index (κ1) is 13.9. The predicted octanol–water partition coefficient (Wildman–Crippen LogP) is 2.46. The van der Waals surface area contributed by atoms with Crippen molar-refractivity contribution in [2.24, 2.45) is 5.92 Å². The Labute approximate surface area is 113 Å². The van der Waals surface area contributed by atoms with E-state index in [4.69, 9.17) is 9.84 Å². The zero-order chi connectivity index (χ0) is 13.5. The standard InChI is InChI=1S/C15H21NO3/c17-10-12-6-8-14(9-7-12)16-15(18)19-11-13-4-2-1-3-5-13/h1-5,12,14,17H,6-11H2,(H,16,18). The Hall–Kier alpha value is -1.55. The molecule has 4 heteroatoms. The second-order valence-corrected chi connectivity index (χ2v) is 5.11. The number of hydrogen-bond donors (Lipinski definition) is 2. The molecule has 1 fully saturated rings. The number of carbonyl (C=O) groups is 1. The van der Waals surface area contributed by atoms with Gasteiger partial charge < -0.3 is 15.2 Å². The number of nitrogens with one attached hydrogen (secondary N) is 1. The molecule has 2 N–H and O–H groups in total. The smallest absolute Gasteiger partial charge is 0.407 e. The van der Waals surface area contributed by atoms with Gasteiger partial charge in [-0.25, -0.2) is 4.79 Å². The third-order valence-corrected chi connectivity index (χ3v) is 3.64. The monoisotopic (exact) mass is 263 g/mol. The highest BCUT2D eigenvalue weighted by Gasteiger charge is 2.22. The first-order valence-corrected chi connectivity index (χ1v) is 6.86. The van der Waals surface area contributed by atoms with Gasteiger partial charge in [-0.3, -0.25) is 0 Å². The summed E-state index contributed by atoms with van der Waals surface area (Å²) in [7, 11) is 0. The van der Waals surface area contributed by atoms with Crippen molar-refractivity contribution in [1.82, 2.24) is 5.32 Å². The molecule has 0 aliphatic heterocycles. The van der Waals surface area contributed by atoms with E-state index in [9.17, 15) is 4.79 Å². The Morgan fingerprint density at radius 1 is 1.21 bits per heavy atom. The average molecular weight is 263 g/mol. The molecule has 0 radical (unpaired) electrons. The number of rotatable bonds is 4. The Morgan fingerprint density at radius 2 is 1.89 bits per heavy atom. The van der Waals surface area contributed by atoms with Gasteiger partial charge in [-0.1, -0.05) is 30.3 Å². The van der Waals surface area contributed by atoms with Gasteiger partial charge in [-0.2, -0.15) is 0 Å². The van der Waals surface area contributed by atoms with E-state index >= 15 is 0 Å². The van der Waals surface area contributed by atoms with Gasteiger partial charge in [0.15, 0.2) is 0 Å². The molecule has 0 saturated heterocycles. The molecule has 0 spiro atoms. The fourth-order valence-electron chi connectivity index (χ4n) is 2.42. The summed E-state index contributed by atoms with van der Waals surface area (Å²) in [5.74, 6) is 0.401. The molecule has 0 unspecified atom stereocenters. The van der Waals surface area contributed by atoms with Gasteiger partial charge in [0.25, 0.3) is 0 Å². The van der Waals surface area contributed by atoms with Gasteiger partial charge >= 0.3 is 6.09 Å². The number of alkyl carbamates (subject to hydrolysis) is 1. The lowest BCUT2D eigenvalue weighted by Crippen LogP contribution is -2.38. The molecule has 1 amide bonds. The minimum Gasteiger partial charge on any atom is -0.445 e. The molecule has 2 rings (SSSR count). The summed E-state index contributed by atoms with van der Waals surface area (Å²) in [6, 6.07) is 9.83. The Balaban J connectivity index is 1.67. The minimum atomic E-state index is -0.351. The number of aliphatic hydroxyl groups is 1. The van der Waals surface area contributed by atoms with Crippen LogP contribution in [-0.4, -0.2) is 23.8 Å². The van der Waals surface area contributed by atoms with Crippen LogP contribution in [0.15, 0.2) is 30.3 Å². The van der Waals surface area contributed by atoms with Crippen LogP contribution in [0.2, 0.25) is 0 Å². The quantitative estimate of drug-likeness (QED) is 0.877. The lowest BCUT2D eigenvalue weighted by Gasteiger charge is -2.27. The van der Waals surface area contributed by atoms with Crippen LogP contribution in [0.1, 0.15) is 31.2 Å². The number of carbonyl (C=O) groups excluding carboxylic acids is 1. The Kier molecular flexibility index (Phi) is 5.21. The van der Waals surface area contributed by atoms with Gasteiger partial charge in [-0.05, 0) is 37.2 Å². The van der Waals surface area contributed by atoms with E-state index in [2.05, 4.69) is 5.32 Å². The minimum absolute atomic E-state index is 0.186. The first-order valence-electron chi connectivity index (χ1n) is 6.86. The van der Waals surface area contributed by atoms with Crippen LogP contribution in [0.4, 0.5) is 4.79 Å². The van der Waals surface area contributed by atoms with Crippen molar-refractivity contribution in [2.75, 3.05) is 6.61 Å². The molecule has 1 saturated carbocycles. The molecule has 0 heterocycles. The van der Waals surface area contributed by atoms with Crippen LogP contribution in [0, 0.1) is 5.92 Å². The molecule has 4 nitrogen and oxygen atoms in total. The van der Waals surface area contributed by atoms with Crippen molar-refractivity contribution in [3.63, 3.8) is 0 Å². The van der Waals surface area contributed by atoms with Gasteiger partial charge in [0, 0.05) is 12.6 Å². The van der Waals surface area contributed by atoms with Crippen LogP contribution >= 0.6 is 0 Å². The average Bonchev–Trinajstić information content (AvgIpc) is 2.47. The summed E-state index contributed by atoms with van der Waals surface area (Å²) >= 11 is 0. The molecule has 104 valence electrons. The van der Waals surface area contributed by atoms with Gasteiger partial charge in [0.1, 0.15) is 6.61 Å². The van der Waals surface area contributed by atoms with E-state index in [1.54, 1.807) is 0 Å². The van der Waals surface area contributed by atoms with Crippen molar-refractivity contribution < 1.29 is 14.6 Å². The highest BCUT2D eigenvalue weighted by molar-refractivity contribution is 5.67. The topological polar surface area (TPSA) is 58.6 Å². The second kappa shape index (κ2) is 7.14. The lowest BCUT2D eigenvalue weighted by molar-refractivity contribution is 0.127. The van der Waals surface area contributed by atoms with Crippen LogP contribution in [0.25, 0.3) is 0 Å². The predicted molar refractivity (Wildman–Crippen MR) is 72.6 cm³/mol. The van der Waals surface area contributed by atoms with Crippen molar-refractivity contribution >= 4 is 6.09 Å². The van der Waals surface area contributed by atoms with Crippen LogP contribution in [0.5, 0.6) is 0 Å². The normalized spacial score (nSPS) is 22.8. The van der Waals surface area contributed by atoms with Crippen molar-refractivity contribution in [3.8, 4) is 0 Å². The molecule has 0 aromatic heterocycles. The third kappa shape index (κ3) is 4.56. The Bertz CT molecular complexity index is 386. The molecule has 19 heavy (non-hydrogen) atoms. The molecule has 1 aliphatic carbocycles. The van der Waals surface area contributed by atoms with E-state index in [0.29, 0.717) is 12.5 Å². The van der Waals surface area contributed by atoms with Gasteiger partial charge in [-0.15, -0.1) is 0 Å². The number of benzene rings is 1. The number of ether oxygens (including phenoxy) is 1. The van der Waals surface area contributed by atoms with E-state index < -0.39 is 0 Å². The number of amides is 1. The number of hydrogen-bond acceptors (Lipinski definition) is 3. The number of aliphatic hydroxyl groups excluding tert-OH is 1. The van der Waals surface area contributed by atoms with Crippen molar-refractivity contribution in [1.29, 1.82) is 0 Å². The highest BCUT2D eigenvalue weighted by Crippen LogP contribution is 2.23. The fraction of sp³-hybridized carbons (Fsp3) is 0.533. The summed E-state index contributed by atoms with van der Waals surface area (Å²) < 4.78 is 5.18. The zero-order valence-corrected chi connectivity index (χ0v) is 11.0. The molecular weight excluding hydrogens is 242 g/mol. The SMILES string of the molecule is O=C(NC1CCC(CO)CC1)OCc1ccccc1. The van der Waals surface area contributed by atoms with E-state index in [0.717, 1.165) is 31.2 Å². The van der Waals surface area contributed by atoms with Crippen molar-refractivity contribution in [3.05, 3.63) is 35.9 Å². The van der Waals surface area contributed by atoms with Gasteiger partial charge in [0.05, 0.1) is 0 Å². The third-order valence-electron chi connectivity index (χ3n) is 3.64. The summed E-state index contributed by atoms with van der Waals surface area (Å²) in [6.07, 6.45) is 3.44. The summed E-state index contributed by atoms with van der Waals surface area (Å²) in [5, 5.41) is 11.9. The van der Waals surface area contributed by atoms with Crippen LogP contribution in [0.3, 0.4) is 0 Å². The molecule has 1 aromatic rings. The lowest BCUT2D eigenvalue weighted by atomic mass is 9.87. The Morgan fingerprint density at radius 3 is 2.53 bits per heavy atom. The van der Waals surface area contributed by atoms with Crippen molar-refractivity contribution in [2.45, 2.75) is 38.3 Å². The van der Waals surface area contributed by atoms with E-state index in [1.807, 2.05) is 30.3 Å².